The van der Waals surface area contributed by atoms with E-state index in [1.807, 2.05) is 11.7 Å². The SMILES string of the molecule is CCNC(=NCc1c(C)nn(C)c1C)N1CCN(CC(C)C)CC1. The maximum atomic E-state index is 4.89. The van der Waals surface area contributed by atoms with Crippen LogP contribution in [0.4, 0.5) is 0 Å². The first-order valence-electron chi connectivity index (χ1n) is 9.17. The Hall–Kier alpha value is -1.56. The number of nitrogens with zero attached hydrogens (tertiary/aromatic N) is 5. The molecule has 6 heteroatoms. The van der Waals surface area contributed by atoms with Gasteiger partial charge in [-0.2, -0.15) is 5.10 Å². The summed E-state index contributed by atoms with van der Waals surface area (Å²) in [5.41, 5.74) is 3.52. The predicted molar refractivity (Wildman–Crippen MR) is 100 cm³/mol. The van der Waals surface area contributed by atoms with Crippen LogP contribution in [0.15, 0.2) is 4.99 Å². The van der Waals surface area contributed by atoms with Crippen LogP contribution in [0.1, 0.15) is 37.7 Å². The average Bonchev–Trinajstić information content (AvgIpc) is 2.77. The third-order valence-electron chi connectivity index (χ3n) is 4.68. The first-order valence-corrected chi connectivity index (χ1v) is 9.17. The summed E-state index contributed by atoms with van der Waals surface area (Å²) in [5.74, 6) is 1.76. The van der Waals surface area contributed by atoms with Gasteiger partial charge in [-0.25, -0.2) is 4.99 Å². The number of hydrogen-bond acceptors (Lipinski definition) is 3. The Bertz CT molecular complexity index is 552. The fourth-order valence-electron chi connectivity index (χ4n) is 3.28. The lowest BCUT2D eigenvalue weighted by Crippen LogP contribution is -2.53. The van der Waals surface area contributed by atoms with Gasteiger partial charge in [0.2, 0.25) is 0 Å². The summed E-state index contributed by atoms with van der Waals surface area (Å²) in [5, 5.41) is 7.95. The normalized spacial score (nSPS) is 17.0. The summed E-state index contributed by atoms with van der Waals surface area (Å²) in [6.45, 7) is 18.0. The average molecular weight is 335 g/mol. The summed E-state index contributed by atoms with van der Waals surface area (Å²) in [4.78, 5) is 9.83. The molecule has 0 unspecified atom stereocenters. The molecule has 1 N–H and O–H groups in total. The van der Waals surface area contributed by atoms with Crippen LogP contribution in [0, 0.1) is 19.8 Å². The van der Waals surface area contributed by atoms with Gasteiger partial charge in [0, 0.05) is 57.6 Å². The molecule has 1 saturated heterocycles. The van der Waals surface area contributed by atoms with Crippen molar-refractivity contribution in [1.29, 1.82) is 0 Å². The molecule has 0 radical (unpaired) electrons. The van der Waals surface area contributed by atoms with Crippen LogP contribution in [0.3, 0.4) is 0 Å². The van der Waals surface area contributed by atoms with E-state index in [0.29, 0.717) is 6.54 Å². The molecule has 1 aromatic heterocycles. The van der Waals surface area contributed by atoms with Gasteiger partial charge in [0.05, 0.1) is 12.2 Å². The second-order valence-corrected chi connectivity index (χ2v) is 7.12. The van der Waals surface area contributed by atoms with Gasteiger partial charge >= 0.3 is 0 Å². The van der Waals surface area contributed by atoms with Crippen LogP contribution in [-0.4, -0.2) is 64.8 Å². The summed E-state index contributed by atoms with van der Waals surface area (Å²) in [7, 11) is 1.99. The fraction of sp³-hybridized carbons (Fsp3) is 0.778. The van der Waals surface area contributed by atoms with Gasteiger partial charge in [0.25, 0.3) is 0 Å². The largest absolute Gasteiger partial charge is 0.357 e. The molecule has 1 aliphatic heterocycles. The molecule has 1 aliphatic rings. The lowest BCUT2D eigenvalue weighted by molar-refractivity contribution is 0.164. The highest BCUT2D eigenvalue weighted by Gasteiger charge is 2.20. The van der Waals surface area contributed by atoms with Crippen molar-refractivity contribution in [2.75, 3.05) is 39.3 Å². The molecule has 1 aromatic rings. The molecule has 6 nitrogen and oxygen atoms in total. The first-order chi connectivity index (χ1) is 11.4. The zero-order chi connectivity index (χ0) is 17.7. The van der Waals surface area contributed by atoms with Gasteiger partial charge in [-0.3, -0.25) is 9.58 Å². The van der Waals surface area contributed by atoms with Gasteiger partial charge in [0.15, 0.2) is 5.96 Å². The molecular weight excluding hydrogens is 300 g/mol. The van der Waals surface area contributed by atoms with Crippen molar-refractivity contribution in [1.82, 2.24) is 24.9 Å². The van der Waals surface area contributed by atoms with Crippen molar-refractivity contribution in [3.8, 4) is 0 Å². The van der Waals surface area contributed by atoms with Gasteiger partial charge < -0.3 is 10.2 Å². The van der Waals surface area contributed by atoms with Crippen molar-refractivity contribution >= 4 is 5.96 Å². The molecular formula is C18H34N6. The molecule has 1 fully saturated rings. The Kier molecular flexibility index (Phi) is 6.66. The first kappa shape index (κ1) is 18.8. The minimum absolute atomic E-state index is 0.694. The number of guanidine groups is 1. The van der Waals surface area contributed by atoms with E-state index in [1.165, 1.54) is 17.8 Å². The second-order valence-electron chi connectivity index (χ2n) is 7.12. The molecule has 0 aromatic carbocycles. The van der Waals surface area contributed by atoms with Gasteiger partial charge in [-0.15, -0.1) is 0 Å². The summed E-state index contributed by atoms with van der Waals surface area (Å²) in [6, 6.07) is 0. The third-order valence-corrected chi connectivity index (χ3v) is 4.68. The van der Waals surface area contributed by atoms with Crippen LogP contribution >= 0.6 is 0 Å². The Balaban J connectivity index is 2.01. The fourth-order valence-corrected chi connectivity index (χ4v) is 3.28. The lowest BCUT2D eigenvalue weighted by Gasteiger charge is -2.37. The number of aryl methyl sites for hydroxylation is 2. The number of aromatic nitrogens is 2. The number of piperazine rings is 1. The number of rotatable bonds is 5. The van der Waals surface area contributed by atoms with Crippen LogP contribution in [-0.2, 0) is 13.6 Å². The van der Waals surface area contributed by atoms with Crippen molar-refractivity contribution in [2.24, 2.45) is 18.0 Å². The number of nitrogens with one attached hydrogen (secondary N) is 1. The summed E-state index contributed by atoms with van der Waals surface area (Å²) >= 11 is 0. The van der Waals surface area contributed by atoms with Crippen molar-refractivity contribution < 1.29 is 0 Å². The molecule has 24 heavy (non-hydrogen) atoms. The highest BCUT2D eigenvalue weighted by atomic mass is 15.3. The number of hydrogen-bond donors (Lipinski definition) is 1. The zero-order valence-corrected chi connectivity index (χ0v) is 16.3. The molecule has 0 aliphatic carbocycles. The second kappa shape index (κ2) is 8.51. The Labute approximate surface area is 146 Å². The third kappa shape index (κ3) is 4.72. The van der Waals surface area contributed by atoms with E-state index < -0.39 is 0 Å². The Morgan fingerprint density at radius 1 is 1.21 bits per heavy atom. The molecule has 2 rings (SSSR count). The molecule has 136 valence electrons. The monoisotopic (exact) mass is 334 g/mol. The van der Waals surface area contributed by atoms with Gasteiger partial charge in [-0.05, 0) is 26.7 Å². The van der Waals surface area contributed by atoms with Crippen molar-refractivity contribution in [3.05, 3.63) is 17.0 Å². The molecule has 0 bridgehead atoms. The van der Waals surface area contributed by atoms with Crippen molar-refractivity contribution in [3.63, 3.8) is 0 Å². The maximum Gasteiger partial charge on any atom is 0.194 e. The van der Waals surface area contributed by atoms with Crippen molar-refractivity contribution in [2.45, 2.75) is 41.2 Å². The standard InChI is InChI=1S/C18H34N6/c1-7-19-18(20-12-17-15(4)21-22(6)16(17)5)24-10-8-23(9-11-24)13-14(2)3/h14H,7-13H2,1-6H3,(H,19,20). The molecule has 0 amide bonds. The van der Waals surface area contributed by atoms with E-state index in [0.717, 1.165) is 50.3 Å². The van der Waals surface area contributed by atoms with E-state index in [1.54, 1.807) is 0 Å². The molecule has 0 atom stereocenters. The molecule has 0 saturated carbocycles. The van der Waals surface area contributed by atoms with E-state index in [2.05, 4.69) is 54.8 Å². The highest BCUT2D eigenvalue weighted by Crippen LogP contribution is 2.13. The van der Waals surface area contributed by atoms with Gasteiger partial charge in [0.1, 0.15) is 0 Å². The van der Waals surface area contributed by atoms with Crippen LogP contribution < -0.4 is 5.32 Å². The minimum atomic E-state index is 0.694. The highest BCUT2D eigenvalue weighted by molar-refractivity contribution is 5.80. The van der Waals surface area contributed by atoms with E-state index in [9.17, 15) is 0 Å². The summed E-state index contributed by atoms with van der Waals surface area (Å²) < 4.78 is 1.94. The number of aliphatic imine (C=N–C) groups is 1. The van der Waals surface area contributed by atoms with E-state index in [-0.39, 0.29) is 0 Å². The van der Waals surface area contributed by atoms with E-state index in [4.69, 9.17) is 4.99 Å². The van der Waals surface area contributed by atoms with Crippen LogP contribution in [0.2, 0.25) is 0 Å². The Morgan fingerprint density at radius 2 is 1.88 bits per heavy atom. The van der Waals surface area contributed by atoms with Crippen LogP contribution in [0.25, 0.3) is 0 Å². The van der Waals surface area contributed by atoms with E-state index >= 15 is 0 Å². The lowest BCUT2D eigenvalue weighted by atomic mass is 10.2. The predicted octanol–water partition coefficient (Wildman–Crippen LogP) is 1.78. The smallest absolute Gasteiger partial charge is 0.194 e. The topological polar surface area (TPSA) is 48.7 Å². The van der Waals surface area contributed by atoms with Gasteiger partial charge in [-0.1, -0.05) is 13.8 Å². The minimum Gasteiger partial charge on any atom is -0.357 e. The zero-order valence-electron chi connectivity index (χ0n) is 16.3. The summed E-state index contributed by atoms with van der Waals surface area (Å²) in [6.07, 6.45) is 0. The quantitative estimate of drug-likeness (QED) is 0.659. The van der Waals surface area contributed by atoms with Crippen LogP contribution in [0.5, 0.6) is 0 Å². The maximum absolute atomic E-state index is 4.89. The Morgan fingerprint density at radius 3 is 2.38 bits per heavy atom. The molecule has 2 heterocycles. The molecule has 0 spiro atoms.